The first-order valence-corrected chi connectivity index (χ1v) is 48.1. The lowest BCUT2D eigenvalue weighted by molar-refractivity contribution is -0.354. The summed E-state index contributed by atoms with van der Waals surface area (Å²) in [4.78, 5) is 0. The van der Waals surface area contributed by atoms with Gasteiger partial charge in [-0.2, -0.15) is 30.7 Å². The molecule has 4 atom stereocenters. The molecule has 0 heterocycles. The van der Waals surface area contributed by atoms with Crippen molar-refractivity contribution in [3.05, 3.63) is 0 Å². The molecule has 0 amide bonds. The van der Waals surface area contributed by atoms with E-state index in [1.165, 1.54) is 6.55 Å². The molecule has 0 rings (SSSR count). The van der Waals surface area contributed by atoms with Gasteiger partial charge in [-0.15, -0.1) is 0 Å². The van der Waals surface area contributed by atoms with Gasteiger partial charge < -0.3 is 47.8 Å². The summed E-state index contributed by atoms with van der Waals surface area (Å²) in [6.45, 7) is 36.2. The maximum Gasteiger partial charge on any atom is 0.500 e. The van der Waals surface area contributed by atoms with E-state index >= 15 is 8.78 Å². The zero-order valence-electron chi connectivity index (χ0n) is 42.5. The number of aliphatic hydroxyl groups excluding tert-OH is 1. The number of aliphatic hydroxyl groups is 1. The predicted octanol–water partition coefficient (Wildman–Crippen LogP) is 12.5. The second kappa shape index (κ2) is 25.9. The number of rotatable bonds is 36. The highest BCUT2D eigenvalue weighted by molar-refractivity contribution is 6.92. The van der Waals surface area contributed by atoms with Crippen molar-refractivity contribution in [1.29, 1.82) is 0 Å². The van der Waals surface area contributed by atoms with Crippen LogP contribution in [-0.2, 0) is 42.7 Å². The highest BCUT2D eigenvalue weighted by atomic mass is 28.5. The van der Waals surface area contributed by atoms with Crippen LogP contribution in [0.4, 0.5) is 30.7 Å². The Morgan fingerprint density at radius 2 is 0.812 bits per heavy atom. The van der Waals surface area contributed by atoms with Gasteiger partial charge in [-0.05, 0) is 136 Å². The fourth-order valence-electron chi connectivity index (χ4n) is 7.74. The van der Waals surface area contributed by atoms with Crippen LogP contribution in [-0.4, -0.2) is 139 Å². The molecule has 27 heteroatoms. The minimum atomic E-state index is -6.50. The average molecular weight is 1090 g/mol. The first kappa shape index (κ1) is 65.0. The molecular formula is C37H87F7O11Si9. The van der Waals surface area contributed by atoms with Crippen LogP contribution in [0.2, 0.25) is 134 Å². The Hall–Kier alpha value is 1.02. The second-order valence-electron chi connectivity index (χ2n) is 20.7. The predicted molar refractivity (Wildman–Crippen MR) is 262 cm³/mol. The maximum atomic E-state index is 15.2. The van der Waals surface area contributed by atoms with Crippen LogP contribution in [0.5, 0.6) is 0 Å². The molecule has 0 fully saturated rings. The lowest BCUT2D eigenvalue weighted by Crippen LogP contribution is -2.63. The van der Waals surface area contributed by atoms with E-state index in [9.17, 15) is 27.1 Å². The van der Waals surface area contributed by atoms with Crippen molar-refractivity contribution in [2.45, 2.75) is 199 Å². The van der Waals surface area contributed by atoms with E-state index in [1.807, 2.05) is 53.5 Å². The normalized spacial score (nSPS) is 18.1. The molecule has 4 unspecified atom stereocenters. The molecule has 0 bridgehead atoms. The Balaban J connectivity index is 7.46. The van der Waals surface area contributed by atoms with Gasteiger partial charge in [0.25, 0.3) is 0 Å². The summed E-state index contributed by atoms with van der Waals surface area (Å²) in [5.74, 6) is -11.8. The van der Waals surface area contributed by atoms with Gasteiger partial charge in [-0.1, -0.05) is 32.1 Å². The Labute approximate surface area is 391 Å². The van der Waals surface area contributed by atoms with E-state index in [0.717, 1.165) is 12.5 Å². The Morgan fingerprint density at radius 1 is 0.438 bits per heavy atom. The Bertz CT molecular complexity index is 1330. The third kappa shape index (κ3) is 25.2. The third-order valence-corrected chi connectivity index (χ3v) is 42.1. The average Bonchev–Trinajstić information content (AvgIpc) is 3.04. The maximum absolute atomic E-state index is 15.2. The highest BCUT2D eigenvalue weighted by Gasteiger charge is 2.73. The van der Waals surface area contributed by atoms with Gasteiger partial charge in [0, 0.05) is 47.0 Å². The smallest absolute Gasteiger partial charge is 0.437 e. The monoisotopic (exact) mass is 1090 g/mol. The molecule has 0 aliphatic carbocycles. The summed E-state index contributed by atoms with van der Waals surface area (Å²) >= 11 is 0. The molecule has 0 aliphatic heterocycles. The number of ether oxygens (including phenoxy) is 1. The van der Waals surface area contributed by atoms with Gasteiger partial charge >= 0.3 is 69.6 Å². The lowest BCUT2D eigenvalue weighted by Gasteiger charge is -2.47. The number of hydrogen-bond acceptors (Lipinski definition) is 11. The number of alkyl halides is 7. The van der Waals surface area contributed by atoms with Crippen LogP contribution in [0.3, 0.4) is 0 Å². The first-order chi connectivity index (χ1) is 28.6. The van der Waals surface area contributed by atoms with E-state index in [1.54, 1.807) is 19.6 Å². The summed E-state index contributed by atoms with van der Waals surface area (Å²) in [7, 11) is -27.1. The standard InChI is InChI=1S/C37H87F7O11Si9/c1-19-47-64(48-20-2,49-21-3)33-24-32-61(16,51-58(10,11)12)55-63(18,34-25-35(38,39)36(40,41)37(42,43)44)53-59(13,14)52-62(17,30-22-27-46-28-26-45)54-60(15,50-57(7,8)9)31-23-29-56(4,5)6/h45H,19-34H2,1-18H3. The molecule has 0 aromatic heterocycles. The third-order valence-electron chi connectivity index (χ3n) is 9.46. The van der Waals surface area contributed by atoms with E-state index in [2.05, 4.69) is 39.3 Å². The van der Waals surface area contributed by atoms with Crippen molar-refractivity contribution in [3.8, 4) is 0 Å². The summed E-state index contributed by atoms with van der Waals surface area (Å²) in [5.41, 5.74) is 0. The summed E-state index contributed by atoms with van der Waals surface area (Å²) in [5, 5.41) is 9.30. The lowest BCUT2D eigenvalue weighted by atomic mass is 10.1. The van der Waals surface area contributed by atoms with E-state index in [-0.39, 0.29) is 25.9 Å². The molecular weight excluding hydrogens is 1010 g/mol. The Morgan fingerprint density at radius 3 is 1.17 bits per heavy atom. The molecule has 0 spiro atoms. The molecule has 0 saturated carbocycles. The molecule has 0 saturated heterocycles. The fourth-order valence-corrected chi connectivity index (χ4v) is 47.5. The molecule has 11 nitrogen and oxygen atoms in total. The van der Waals surface area contributed by atoms with Gasteiger partial charge in [0.1, 0.15) is 0 Å². The molecule has 0 aromatic carbocycles. The summed E-state index contributed by atoms with van der Waals surface area (Å²) < 4.78 is 165. The van der Waals surface area contributed by atoms with E-state index in [0.29, 0.717) is 50.8 Å². The minimum Gasteiger partial charge on any atom is -0.437 e. The molecule has 64 heavy (non-hydrogen) atoms. The van der Waals surface area contributed by atoms with Crippen LogP contribution in [0, 0.1) is 0 Å². The first-order valence-electron chi connectivity index (χ1n) is 22.7. The van der Waals surface area contributed by atoms with Gasteiger partial charge in [0.2, 0.25) is 0 Å². The number of halogens is 7. The topological polar surface area (TPSA) is 113 Å². The molecule has 0 radical (unpaired) electrons. The zero-order chi connectivity index (χ0) is 50.4. The summed E-state index contributed by atoms with van der Waals surface area (Å²) in [6, 6.07) is 1.86. The van der Waals surface area contributed by atoms with Crippen LogP contribution in [0.25, 0.3) is 0 Å². The minimum absolute atomic E-state index is 0.138. The van der Waals surface area contributed by atoms with Gasteiger partial charge in [0.15, 0.2) is 16.6 Å². The zero-order valence-corrected chi connectivity index (χ0v) is 51.5. The van der Waals surface area contributed by atoms with Crippen LogP contribution in [0.1, 0.15) is 46.5 Å². The van der Waals surface area contributed by atoms with Crippen LogP contribution in [0.15, 0.2) is 0 Å². The van der Waals surface area contributed by atoms with E-state index in [4.69, 9.17) is 42.7 Å². The van der Waals surface area contributed by atoms with Crippen molar-refractivity contribution in [2.75, 3.05) is 39.6 Å². The highest BCUT2D eigenvalue weighted by Crippen LogP contribution is 2.50. The fraction of sp³-hybridized carbons (Fsp3) is 1.00. The molecule has 0 aliphatic rings. The number of hydrogen-bond donors (Lipinski definition) is 1. The largest absolute Gasteiger partial charge is 0.500 e. The second-order valence-corrected chi connectivity index (χ2v) is 56.3. The van der Waals surface area contributed by atoms with Gasteiger partial charge in [-0.3, -0.25) is 0 Å². The van der Waals surface area contributed by atoms with Crippen LogP contribution < -0.4 is 0 Å². The van der Waals surface area contributed by atoms with Crippen molar-refractivity contribution in [1.82, 2.24) is 0 Å². The molecule has 0 aromatic rings. The van der Waals surface area contributed by atoms with Crippen molar-refractivity contribution in [3.63, 3.8) is 0 Å². The van der Waals surface area contributed by atoms with Gasteiger partial charge in [-0.25, -0.2) is 0 Å². The van der Waals surface area contributed by atoms with Crippen LogP contribution >= 0.6 is 0 Å². The van der Waals surface area contributed by atoms with E-state index < -0.39 is 107 Å². The molecule has 386 valence electrons. The quantitative estimate of drug-likeness (QED) is 0.0368. The SMILES string of the molecule is CCO[Si](CCC[Si](C)(O[Si](C)(C)C)O[Si](C)(CCC(F)(F)C(F)(F)C(F)(F)F)O[Si](C)(C)O[Si](C)(CCCOCCO)O[Si](C)(CCC[Si](C)(C)C)O[Si](C)(C)C)(OCC)OCC. The van der Waals surface area contributed by atoms with Crippen molar-refractivity contribution >= 4 is 76.3 Å². The Kier molecular flexibility index (Phi) is 26.3. The van der Waals surface area contributed by atoms with Gasteiger partial charge in [0.05, 0.1) is 13.2 Å². The molecule has 1 N–H and O–H groups in total. The summed E-state index contributed by atoms with van der Waals surface area (Å²) in [6.07, 6.45) is -6.58. The van der Waals surface area contributed by atoms with Crippen molar-refractivity contribution in [2.24, 2.45) is 0 Å². The van der Waals surface area contributed by atoms with Crippen molar-refractivity contribution < 1.29 is 78.5 Å².